The van der Waals surface area contributed by atoms with E-state index in [1.54, 1.807) is 54.6 Å². The van der Waals surface area contributed by atoms with Crippen molar-refractivity contribution in [1.29, 1.82) is 0 Å². The van der Waals surface area contributed by atoms with Gasteiger partial charge in [-0.2, -0.15) is 0 Å². The lowest BCUT2D eigenvalue weighted by molar-refractivity contribution is -0.151. The van der Waals surface area contributed by atoms with Gasteiger partial charge < -0.3 is 19.5 Å². The first kappa shape index (κ1) is 24.5. The van der Waals surface area contributed by atoms with E-state index in [1.165, 1.54) is 26.4 Å². The largest absolute Gasteiger partial charge is 0.497 e. The highest BCUT2D eigenvalue weighted by molar-refractivity contribution is 6.22. The number of amides is 3. The van der Waals surface area contributed by atoms with Crippen LogP contribution in [0.2, 0.25) is 0 Å². The predicted molar refractivity (Wildman–Crippen MR) is 130 cm³/mol. The van der Waals surface area contributed by atoms with Crippen molar-refractivity contribution in [3.05, 3.63) is 89.5 Å². The van der Waals surface area contributed by atoms with Gasteiger partial charge >= 0.3 is 5.97 Å². The van der Waals surface area contributed by atoms with E-state index >= 15 is 0 Å². The molecular formula is C27H24N2O7. The second kappa shape index (κ2) is 10.7. The number of hydrogen-bond donors (Lipinski definition) is 1. The van der Waals surface area contributed by atoms with E-state index in [4.69, 9.17) is 14.2 Å². The number of rotatable bonds is 9. The maximum absolute atomic E-state index is 13.2. The number of methoxy groups -OCH3 is 2. The molecule has 0 spiro atoms. The minimum atomic E-state index is -1.25. The molecule has 3 amide bonds. The lowest BCUT2D eigenvalue weighted by Crippen LogP contribution is -2.47. The first-order valence-corrected chi connectivity index (χ1v) is 11.1. The van der Waals surface area contributed by atoms with Crippen LogP contribution in [0.1, 0.15) is 26.3 Å². The Morgan fingerprint density at radius 1 is 0.861 bits per heavy atom. The van der Waals surface area contributed by atoms with Gasteiger partial charge in [0, 0.05) is 12.5 Å². The van der Waals surface area contributed by atoms with Gasteiger partial charge in [-0.25, -0.2) is 4.79 Å². The minimum Gasteiger partial charge on any atom is -0.497 e. The number of fused-ring (bicyclic) bond motifs is 1. The third-order valence-electron chi connectivity index (χ3n) is 5.71. The Morgan fingerprint density at radius 2 is 1.50 bits per heavy atom. The van der Waals surface area contributed by atoms with Crippen molar-refractivity contribution in [3.8, 4) is 11.5 Å². The Kier molecular flexibility index (Phi) is 7.29. The van der Waals surface area contributed by atoms with Gasteiger partial charge in [-0.05, 0) is 29.8 Å². The molecule has 0 unspecified atom stereocenters. The van der Waals surface area contributed by atoms with Gasteiger partial charge in [0.15, 0.2) is 6.61 Å². The Bertz CT molecular complexity index is 1270. The van der Waals surface area contributed by atoms with Gasteiger partial charge in [0.1, 0.15) is 17.5 Å². The van der Waals surface area contributed by atoms with E-state index in [0.29, 0.717) is 17.2 Å². The number of nitrogens with zero attached hydrogens (tertiary/aromatic N) is 1. The molecule has 1 N–H and O–H groups in total. The van der Waals surface area contributed by atoms with E-state index in [9.17, 15) is 19.2 Å². The molecule has 1 heterocycles. The average Bonchev–Trinajstić information content (AvgIpc) is 3.16. The van der Waals surface area contributed by atoms with Crippen molar-refractivity contribution < 1.29 is 33.4 Å². The first-order chi connectivity index (χ1) is 17.4. The summed E-state index contributed by atoms with van der Waals surface area (Å²) >= 11 is 0. The molecule has 0 aliphatic carbocycles. The molecule has 36 heavy (non-hydrogen) atoms. The average molecular weight is 488 g/mol. The summed E-state index contributed by atoms with van der Waals surface area (Å²) in [6.45, 7) is -0.623. The highest BCUT2D eigenvalue weighted by Crippen LogP contribution is 2.29. The molecule has 1 aliphatic rings. The molecule has 1 aliphatic heterocycles. The topological polar surface area (TPSA) is 111 Å². The molecule has 3 aromatic carbocycles. The minimum absolute atomic E-state index is 0.0407. The van der Waals surface area contributed by atoms with Crippen LogP contribution < -0.4 is 14.8 Å². The van der Waals surface area contributed by atoms with E-state index in [-0.39, 0.29) is 17.5 Å². The highest BCUT2D eigenvalue weighted by Gasteiger charge is 2.43. The zero-order valence-corrected chi connectivity index (χ0v) is 19.7. The molecule has 9 nitrogen and oxygen atoms in total. The van der Waals surface area contributed by atoms with Gasteiger partial charge in [-0.3, -0.25) is 19.3 Å². The summed E-state index contributed by atoms with van der Waals surface area (Å²) in [4.78, 5) is 52.7. The highest BCUT2D eigenvalue weighted by atomic mass is 16.5. The second-order valence-corrected chi connectivity index (χ2v) is 7.95. The molecule has 0 saturated carbocycles. The van der Waals surface area contributed by atoms with Crippen molar-refractivity contribution in [1.82, 2.24) is 4.90 Å². The van der Waals surface area contributed by atoms with Crippen LogP contribution in [0.15, 0.2) is 72.8 Å². The summed E-state index contributed by atoms with van der Waals surface area (Å²) in [7, 11) is 2.95. The van der Waals surface area contributed by atoms with E-state index in [2.05, 4.69) is 5.32 Å². The van der Waals surface area contributed by atoms with Crippen LogP contribution in [-0.2, 0) is 20.7 Å². The molecule has 9 heteroatoms. The summed E-state index contributed by atoms with van der Waals surface area (Å²) in [5.41, 5.74) is 1.53. The predicted octanol–water partition coefficient (Wildman–Crippen LogP) is 3.09. The molecule has 1 atom stereocenters. The number of hydrogen-bond acceptors (Lipinski definition) is 7. The lowest BCUT2D eigenvalue weighted by atomic mass is 10.0. The van der Waals surface area contributed by atoms with Gasteiger partial charge in [-0.1, -0.05) is 42.5 Å². The maximum atomic E-state index is 13.2. The molecular weight excluding hydrogens is 464 g/mol. The molecule has 4 rings (SSSR count). The number of imide groups is 1. The maximum Gasteiger partial charge on any atom is 0.330 e. The van der Waals surface area contributed by atoms with Crippen LogP contribution in [0, 0.1) is 0 Å². The fourth-order valence-electron chi connectivity index (χ4n) is 3.93. The van der Waals surface area contributed by atoms with Gasteiger partial charge in [0.2, 0.25) is 0 Å². The standard InChI is InChI=1S/C27H24N2O7/c1-34-18-12-13-21(23(15-18)35-2)28-24(30)16-36-27(33)22(14-17-8-4-3-5-9-17)29-25(31)19-10-6-7-11-20(19)26(29)32/h3-13,15,22H,14,16H2,1-2H3,(H,28,30)/t22-/m1/s1. The molecule has 184 valence electrons. The van der Waals surface area contributed by atoms with Crippen LogP contribution in [0.5, 0.6) is 11.5 Å². The molecule has 3 aromatic rings. The van der Waals surface area contributed by atoms with Crippen LogP contribution in [-0.4, -0.2) is 55.5 Å². The summed E-state index contributed by atoms with van der Waals surface area (Å²) < 4.78 is 15.7. The fourth-order valence-corrected chi connectivity index (χ4v) is 3.93. The van der Waals surface area contributed by atoms with Crippen LogP contribution >= 0.6 is 0 Å². The second-order valence-electron chi connectivity index (χ2n) is 7.95. The summed E-state index contributed by atoms with van der Waals surface area (Å²) in [6, 6.07) is 18.9. The van der Waals surface area contributed by atoms with Gasteiger partial charge in [-0.15, -0.1) is 0 Å². The van der Waals surface area contributed by atoms with Crippen molar-refractivity contribution in [2.45, 2.75) is 12.5 Å². The van der Waals surface area contributed by atoms with E-state index in [0.717, 1.165) is 10.5 Å². The Hall–Kier alpha value is -4.66. The van der Waals surface area contributed by atoms with Crippen molar-refractivity contribution >= 4 is 29.4 Å². The number of ether oxygens (including phenoxy) is 3. The monoisotopic (exact) mass is 488 g/mol. The molecule has 0 bridgehead atoms. The summed E-state index contributed by atoms with van der Waals surface area (Å²) in [5, 5.41) is 2.61. The number of carbonyl (C=O) groups excluding carboxylic acids is 4. The SMILES string of the molecule is COc1ccc(NC(=O)COC(=O)[C@@H](Cc2ccccc2)N2C(=O)c3ccccc3C2=O)c(OC)c1. The third kappa shape index (κ3) is 5.05. The number of anilines is 1. The number of nitrogens with one attached hydrogen (secondary N) is 1. The number of esters is 1. The number of benzene rings is 3. The number of carbonyl (C=O) groups is 4. The zero-order chi connectivity index (χ0) is 25.7. The van der Waals surface area contributed by atoms with Crippen LogP contribution in [0.3, 0.4) is 0 Å². The zero-order valence-electron chi connectivity index (χ0n) is 19.7. The third-order valence-corrected chi connectivity index (χ3v) is 5.71. The van der Waals surface area contributed by atoms with Crippen molar-refractivity contribution in [2.24, 2.45) is 0 Å². The Balaban J connectivity index is 1.50. The quantitative estimate of drug-likeness (QED) is 0.364. The summed E-state index contributed by atoms with van der Waals surface area (Å²) in [5.74, 6) is -1.75. The molecule has 0 saturated heterocycles. The Morgan fingerprint density at radius 3 is 2.11 bits per heavy atom. The van der Waals surface area contributed by atoms with Crippen LogP contribution in [0.25, 0.3) is 0 Å². The van der Waals surface area contributed by atoms with E-state index < -0.39 is 36.3 Å². The van der Waals surface area contributed by atoms with Gasteiger partial charge in [0.05, 0.1) is 31.0 Å². The van der Waals surface area contributed by atoms with Gasteiger partial charge in [0.25, 0.3) is 17.7 Å². The Labute approximate surface area is 207 Å². The van der Waals surface area contributed by atoms with Crippen molar-refractivity contribution in [2.75, 3.05) is 26.1 Å². The van der Waals surface area contributed by atoms with E-state index in [1.807, 2.05) is 6.07 Å². The van der Waals surface area contributed by atoms with Crippen LogP contribution in [0.4, 0.5) is 5.69 Å². The van der Waals surface area contributed by atoms with Crippen molar-refractivity contribution in [3.63, 3.8) is 0 Å². The fraction of sp³-hybridized carbons (Fsp3) is 0.185. The lowest BCUT2D eigenvalue weighted by Gasteiger charge is -2.24. The first-order valence-electron chi connectivity index (χ1n) is 11.1. The summed E-state index contributed by atoms with van der Waals surface area (Å²) in [6.07, 6.45) is 0.0407. The molecule has 0 fully saturated rings. The molecule has 0 aromatic heterocycles. The normalized spacial score (nSPS) is 13.1. The smallest absolute Gasteiger partial charge is 0.330 e. The molecule has 0 radical (unpaired) electrons.